The van der Waals surface area contributed by atoms with E-state index in [1.54, 1.807) is 37.3 Å². The van der Waals surface area contributed by atoms with E-state index in [2.05, 4.69) is 10.5 Å². The number of carbonyl (C=O) groups excluding carboxylic acids is 2. The topological polar surface area (TPSA) is 81.4 Å². The second-order valence-corrected chi connectivity index (χ2v) is 5.13. The van der Waals surface area contributed by atoms with Crippen LogP contribution in [0, 0.1) is 6.92 Å². The molecule has 0 aliphatic rings. The van der Waals surface area contributed by atoms with Crippen molar-refractivity contribution >= 4 is 17.5 Å². The Morgan fingerprint density at radius 2 is 1.96 bits per heavy atom. The van der Waals surface area contributed by atoms with Gasteiger partial charge in [0.1, 0.15) is 11.5 Å². The third-order valence-corrected chi connectivity index (χ3v) is 3.32. The molecule has 0 fully saturated rings. The van der Waals surface area contributed by atoms with Crippen molar-refractivity contribution < 1.29 is 18.8 Å². The molecule has 0 saturated carbocycles. The van der Waals surface area contributed by atoms with Crippen LogP contribution in [0.1, 0.15) is 42.8 Å². The van der Waals surface area contributed by atoms with Gasteiger partial charge in [0.05, 0.1) is 0 Å². The second kappa shape index (κ2) is 7.58. The standard InChI is InChI=1S/C17H20N2O4/c1-4-14(20)12-6-8-13(9-7-12)22-15(5-2)17(21)18-16-10-11(3)23-19-16/h6-10,15H,4-5H2,1-3H3,(H,18,19,21). The molecular weight excluding hydrogens is 296 g/mol. The maximum Gasteiger partial charge on any atom is 0.266 e. The predicted molar refractivity (Wildman–Crippen MR) is 85.6 cm³/mol. The number of ether oxygens (including phenoxy) is 1. The summed E-state index contributed by atoms with van der Waals surface area (Å²) in [6.07, 6.45) is 0.301. The molecule has 2 rings (SSSR count). The van der Waals surface area contributed by atoms with Crippen molar-refractivity contribution in [3.05, 3.63) is 41.7 Å². The van der Waals surface area contributed by atoms with Gasteiger partial charge in [-0.3, -0.25) is 9.59 Å². The lowest BCUT2D eigenvalue weighted by Crippen LogP contribution is -2.32. The number of Topliss-reactive ketones (excluding diaryl/α,β-unsaturated/α-hetero) is 1. The van der Waals surface area contributed by atoms with Crippen molar-refractivity contribution in [2.75, 3.05) is 5.32 Å². The number of nitrogens with one attached hydrogen (secondary N) is 1. The Bertz CT molecular complexity index is 676. The van der Waals surface area contributed by atoms with Gasteiger partial charge in [0, 0.05) is 18.1 Å². The SMILES string of the molecule is CCC(=O)c1ccc(OC(CC)C(=O)Nc2cc(C)on2)cc1. The van der Waals surface area contributed by atoms with Gasteiger partial charge in [-0.2, -0.15) is 0 Å². The van der Waals surface area contributed by atoms with E-state index in [0.717, 1.165) is 0 Å². The number of aryl methyl sites for hydroxylation is 1. The van der Waals surface area contributed by atoms with Gasteiger partial charge in [-0.25, -0.2) is 0 Å². The van der Waals surface area contributed by atoms with Crippen molar-refractivity contribution in [3.63, 3.8) is 0 Å². The molecule has 6 nitrogen and oxygen atoms in total. The van der Waals surface area contributed by atoms with E-state index in [9.17, 15) is 9.59 Å². The van der Waals surface area contributed by atoms with Crippen LogP contribution in [0.2, 0.25) is 0 Å². The van der Waals surface area contributed by atoms with Crippen LogP contribution in [0.15, 0.2) is 34.9 Å². The summed E-state index contributed by atoms with van der Waals surface area (Å²) in [7, 11) is 0. The Kier molecular flexibility index (Phi) is 5.51. The minimum Gasteiger partial charge on any atom is -0.481 e. The molecule has 0 spiro atoms. The van der Waals surface area contributed by atoms with Crippen LogP contribution < -0.4 is 10.1 Å². The fourth-order valence-corrected chi connectivity index (χ4v) is 2.04. The van der Waals surface area contributed by atoms with Gasteiger partial charge in [0.15, 0.2) is 17.7 Å². The molecule has 1 aromatic carbocycles. The van der Waals surface area contributed by atoms with E-state index in [4.69, 9.17) is 9.26 Å². The van der Waals surface area contributed by atoms with Crippen LogP contribution in [0.25, 0.3) is 0 Å². The number of aromatic nitrogens is 1. The van der Waals surface area contributed by atoms with Crippen LogP contribution in [-0.4, -0.2) is 23.0 Å². The molecule has 1 atom stereocenters. The molecule has 0 aliphatic heterocycles. The van der Waals surface area contributed by atoms with Crippen LogP contribution >= 0.6 is 0 Å². The number of hydrogen-bond donors (Lipinski definition) is 1. The first-order valence-corrected chi connectivity index (χ1v) is 7.57. The molecule has 0 saturated heterocycles. The molecule has 1 N–H and O–H groups in total. The summed E-state index contributed by atoms with van der Waals surface area (Å²) in [5.74, 6) is 1.29. The van der Waals surface area contributed by atoms with Crippen molar-refractivity contribution in [3.8, 4) is 5.75 Å². The van der Waals surface area contributed by atoms with Crippen molar-refractivity contribution in [2.45, 2.75) is 39.7 Å². The molecule has 0 aliphatic carbocycles. The van der Waals surface area contributed by atoms with Gasteiger partial charge in [-0.15, -0.1) is 0 Å². The first-order valence-electron chi connectivity index (χ1n) is 7.57. The molecule has 122 valence electrons. The van der Waals surface area contributed by atoms with E-state index >= 15 is 0 Å². The Morgan fingerprint density at radius 3 is 2.48 bits per heavy atom. The number of rotatable bonds is 7. The average Bonchev–Trinajstić information content (AvgIpc) is 2.97. The lowest BCUT2D eigenvalue weighted by molar-refractivity contribution is -0.122. The normalized spacial score (nSPS) is 11.8. The largest absolute Gasteiger partial charge is 0.481 e. The number of amides is 1. The summed E-state index contributed by atoms with van der Waals surface area (Å²) >= 11 is 0. The Balaban J connectivity index is 2.00. The Labute approximate surface area is 134 Å². The van der Waals surface area contributed by atoms with Crippen LogP contribution in [0.5, 0.6) is 5.75 Å². The monoisotopic (exact) mass is 316 g/mol. The van der Waals surface area contributed by atoms with Gasteiger partial charge in [0.2, 0.25) is 0 Å². The van der Waals surface area contributed by atoms with Crippen molar-refractivity contribution in [1.29, 1.82) is 0 Å². The average molecular weight is 316 g/mol. The molecule has 23 heavy (non-hydrogen) atoms. The summed E-state index contributed by atoms with van der Waals surface area (Å²) < 4.78 is 10.6. The van der Waals surface area contributed by atoms with Gasteiger partial charge < -0.3 is 14.6 Å². The summed E-state index contributed by atoms with van der Waals surface area (Å²) in [5.41, 5.74) is 0.635. The molecule has 1 heterocycles. The summed E-state index contributed by atoms with van der Waals surface area (Å²) in [6.45, 7) is 5.42. The van der Waals surface area contributed by atoms with Crippen LogP contribution in [0.3, 0.4) is 0 Å². The lowest BCUT2D eigenvalue weighted by atomic mass is 10.1. The molecule has 1 amide bonds. The highest BCUT2D eigenvalue weighted by atomic mass is 16.5. The lowest BCUT2D eigenvalue weighted by Gasteiger charge is -2.16. The quantitative estimate of drug-likeness (QED) is 0.792. The summed E-state index contributed by atoms with van der Waals surface area (Å²) in [5, 5.41) is 6.37. The summed E-state index contributed by atoms with van der Waals surface area (Å²) in [4.78, 5) is 23.8. The highest BCUT2D eigenvalue weighted by Crippen LogP contribution is 2.17. The number of anilines is 1. The number of nitrogens with zero attached hydrogens (tertiary/aromatic N) is 1. The molecule has 1 unspecified atom stereocenters. The molecule has 2 aromatic rings. The molecule has 1 aromatic heterocycles. The first kappa shape index (κ1) is 16.7. The fraction of sp³-hybridized carbons (Fsp3) is 0.353. The predicted octanol–water partition coefficient (Wildman–Crippen LogP) is 3.37. The van der Waals surface area contributed by atoms with E-state index in [-0.39, 0.29) is 11.7 Å². The Hall–Kier alpha value is -2.63. The van der Waals surface area contributed by atoms with Gasteiger partial charge in [-0.1, -0.05) is 19.0 Å². The third kappa shape index (κ3) is 4.42. The molecule has 0 radical (unpaired) electrons. The fourth-order valence-electron chi connectivity index (χ4n) is 2.04. The van der Waals surface area contributed by atoms with E-state index in [0.29, 0.717) is 35.7 Å². The smallest absolute Gasteiger partial charge is 0.266 e. The zero-order chi connectivity index (χ0) is 16.8. The van der Waals surface area contributed by atoms with Gasteiger partial charge >= 0.3 is 0 Å². The number of benzene rings is 1. The number of carbonyl (C=O) groups is 2. The zero-order valence-electron chi connectivity index (χ0n) is 13.5. The highest BCUT2D eigenvalue weighted by Gasteiger charge is 2.20. The molecular formula is C17H20N2O4. The second-order valence-electron chi connectivity index (χ2n) is 5.13. The molecule has 6 heteroatoms. The first-order chi connectivity index (χ1) is 11.0. The van der Waals surface area contributed by atoms with E-state index < -0.39 is 6.10 Å². The maximum absolute atomic E-state index is 12.2. The maximum atomic E-state index is 12.2. The minimum atomic E-state index is -0.653. The molecule has 0 bridgehead atoms. The van der Waals surface area contributed by atoms with E-state index in [1.165, 1.54) is 0 Å². The van der Waals surface area contributed by atoms with Gasteiger partial charge in [0.25, 0.3) is 5.91 Å². The number of hydrogen-bond acceptors (Lipinski definition) is 5. The Morgan fingerprint density at radius 1 is 1.26 bits per heavy atom. The summed E-state index contributed by atoms with van der Waals surface area (Å²) in [6, 6.07) is 8.42. The van der Waals surface area contributed by atoms with E-state index in [1.807, 2.05) is 13.8 Å². The zero-order valence-corrected chi connectivity index (χ0v) is 13.5. The van der Waals surface area contributed by atoms with Crippen molar-refractivity contribution in [2.24, 2.45) is 0 Å². The third-order valence-electron chi connectivity index (χ3n) is 3.32. The highest BCUT2D eigenvalue weighted by molar-refractivity contribution is 5.96. The van der Waals surface area contributed by atoms with Crippen LogP contribution in [-0.2, 0) is 4.79 Å². The number of ketones is 1. The van der Waals surface area contributed by atoms with Crippen molar-refractivity contribution in [1.82, 2.24) is 5.16 Å². The van der Waals surface area contributed by atoms with Crippen LogP contribution in [0.4, 0.5) is 5.82 Å². The minimum absolute atomic E-state index is 0.0720. The van der Waals surface area contributed by atoms with Gasteiger partial charge in [-0.05, 0) is 37.6 Å².